The molecule has 0 spiro atoms. The van der Waals surface area contributed by atoms with Gasteiger partial charge in [-0.2, -0.15) is 13.2 Å². The summed E-state index contributed by atoms with van der Waals surface area (Å²) in [4.78, 5) is 14.6. The van der Waals surface area contributed by atoms with Gasteiger partial charge in [0, 0.05) is 17.1 Å². The molecule has 2 aromatic carbocycles. The predicted octanol–water partition coefficient (Wildman–Crippen LogP) is 5.59. The third-order valence-corrected chi connectivity index (χ3v) is 4.81. The highest BCUT2D eigenvalue weighted by Crippen LogP contribution is 2.36. The molecule has 0 radical (unpaired) electrons. The summed E-state index contributed by atoms with van der Waals surface area (Å²) in [5, 5.41) is 0.621. The van der Waals surface area contributed by atoms with Gasteiger partial charge in [0.05, 0.1) is 11.1 Å². The zero-order valence-corrected chi connectivity index (χ0v) is 15.0. The minimum absolute atomic E-state index is 0.00564. The SMILES string of the molecule is CC(Cc1ccc(Cl)cc1)N(C(=O)c1ccccc1C(F)(F)F)C1CC1. The number of carbonyl (C=O) groups is 1. The van der Waals surface area contributed by atoms with Crippen LogP contribution in [0.15, 0.2) is 48.5 Å². The summed E-state index contributed by atoms with van der Waals surface area (Å²) in [6, 6.07) is 12.1. The molecule has 2 nitrogen and oxygen atoms in total. The van der Waals surface area contributed by atoms with Crippen LogP contribution < -0.4 is 0 Å². The second kappa shape index (κ2) is 7.31. The molecule has 0 N–H and O–H groups in total. The van der Waals surface area contributed by atoms with Gasteiger partial charge in [-0.15, -0.1) is 0 Å². The van der Waals surface area contributed by atoms with Crippen LogP contribution >= 0.6 is 11.6 Å². The molecule has 3 rings (SSSR count). The summed E-state index contributed by atoms with van der Waals surface area (Å²) < 4.78 is 39.9. The molecule has 0 bridgehead atoms. The van der Waals surface area contributed by atoms with Crippen molar-refractivity contribution in [3.63, 3.8) is 0 Å². The Morgan fingerprint density at radius 3 is 2.35 bits per heavy atom. The summed E-state index contributed by atoms with van der Waals surface area (Å²) >= 11 is 5.89. The Bertz CT molecular complexity index is 784. The lowest BCUT2D eigenvalue weighted by Crippen LogP contribution is -2.42. The molecule has 0 heterocycles. The number of alkyl halides is 3. The van der Waals surface area contributed by atoms with Crippen molar-refractivity contribution >= 4 is 17.5 Å². The maximum absolute atomic E-state index is 13.3. The van der Waals surface area contributed by atoms with Crippen LogP contribution in [0, 0.1) is 0 Å². The van der Waals surface area contributed by atoms with Gasteiger partial charge in [-0.05, 0) is 56.0 Å². The van der Waals surface area contributed by atoms with Gasteiger partial charge < -0.3 is 4.90 Å². The Morgan fingerprint density at radius 2 is 1.77 bits per heavy atom. The highest BCUT2D eigenvalue weighted by molar-refractivity contribution is 6.30. The molecule has 26 heavy (non-hydrogen) atoms. The summed E-state index contributed by atoms with van der Waals surface area (Å²) in [5.74, 6) is -0.554. The van der Waals surface area contributed by atoms with Crippen LogP contribution in [0.2, 0.25) is 5.02 Å². The molecule has 1 fully saturated rings. The zero-order valence-electron chi connectivity index (χ0n) is 14.3. The van der Waals surface area contributed by atoms with E-state index in [1.165, 1.54) is 18.2 Å². The van der Waals surface area contributed by atoms with E-state index in [2.05, 4.69) is 0 Å². The van der Waals surface area contributed by atoms with Crippen molar-refractivity contribution in [1.82, 2.24) is 4.90 Å². The monoisotopic (exact) mass is 381 g/mol. The topological polar surface area (TPSA) is 20.3 Å². The Kier molecular flexibility index (Phi) is 5.28. The van der Waals surface area contributed by atoms with Crippen LogP contribution in [0.4, 0.5) is 13.2 Å². The molecule has 1 amide bonds. The van der Waals surface area contributed by atoms with E-state index >= 15 is 0 Å². The Hall–Kier alpha value is -2.01. The molecule has 1 unspecified atom stereocenters. The van der Waals surface area contributed by atoms with Gasteiger partial charge in [-0.1, -0.05) is 35.9 Å². The van der Waals surface area contributed by atoms with Gasteiger partial charge in [0.25, 0.3) is 5.91 Å². The largest absolute Gasteiger partial charge is 0.417 e. The number of halogens is 4. The van der Waals surface area contributed by atoms with Crippen LogP contribution in [0.3, 0.4) is 0 Å². The highest BCUT2D eigenvalue weighted by Gasteiger charge is 2.40. The molecule has 0 saturated heterocycles. The van der Waals surface area contributed by atoms with Crippen LogP contribution in [0.25, 0.3) is 0 Å². The van der Waals surface area contributed by atoms with E-state index in [4.69, 9.17) is 11.6 Å². The molecule has 0 aromatic heterocycles. The minimum atomic E-state index is -4.55. The van der Waals surface area contributed by atoms with Crippen molar-refractivity contribution in [3.8, 4) is 0 Å². The summed E-state index contributed by atoms with van der Waals surface area (Å²) in [7, 11) is 0. The fourth-order valence-corrected chi connectivity index (χ4v) is 3.32. The van der Waals surface area contributed by atoms with Crippen LogP contribution in [0.1, 0.15) is 41.3 Å². The lowest BCUT2D eigenvalue weighted by atomic mass is 10.0. The number of hydrogen-bond acceptors (Lipinski definition) is 1. The molecule has 2 aromatic rings. The normalized spacial score (nSPS) is 15.6. The highest BCUT2D eigenvalue weighted by atomic mass is 35.5. The van der Waals surface area contributed by atoms with Crippen molar-refractivity contribution in [2.75, 3.05) is 0 Å². The molecule has 1 saturated carbocycles. The second-order valence-electron chi connectivity index (χ2n) is 6.67. The smallest absolute Gasteiger partial charge is 0.333 e. The third kappa shape index (κ3) is 4.21. The zero-order chi connectivity index (χ0) is 18.9. The fraction of sp³-hybridized carbons (Fsp3) is 0.350. The predicted molar refractivity (Wildman–Crippen MR) is 95.3 cm³/mol. The van der Waals surface area contributed by atoms with Crippen molar-refractivity contribution < 1.29 is 18.0 Å². The van der Waals surface area contributed by atoms with Crippen molar-refractivity contribution in [2.24, 2.45) is 0 Å². The number of amides is 1. The first kappa shape index (κ1) is 18.8. The quantitative estimate of drug-likeness (QED) is 0.660. The first-order valence-electron chi connectivity index (χ1n) is 8.50. The van der Waals surface area contributed by atoms with E-state index in [1.807, 2.05) is 19.1 Å². The van der Waals surface area contributed by atoms with Gasteiger partial charge in [0.2, 0.25) is 0 Å². The lowest BCUT2D eigenvalue weighted by Gasteiger charge is -2.30. The molecule has 0 aliphatic heterocycles. The van der Waals surface area contributed by atoms with Gasteiger partial charge in [0.1, 0.15) is 0 Å². The van der Waals surface area contributed by atoms with Gasteiger partial charge in [-0.25, -0.2) is 0 Å². The van der Waals surface area contributed by atoms with E-state index in [0.29, 0.717) is 11.4 Å². The first-order chi connectivity index (χ1) is 12.3. The second-order valence-corrected chi connectivity index (χ2v) is 7.10. The van der Waals surface area contributed by atoms with Crippen molar-refractivity contribution in [2.45, 2.75) is 44.4 Å². The molecule has 1 atom stereocenters. The standard InChI is InChI=1S/C20H19ClF3NO/c1-13(12-14-6-8-15(21)9-7-14)25(16-10-11-16)19(26)17-4-2-3-5-18(17)20(22,23)24/h2-9,13,16H,10-12H2,1H3. The number of carbonyl (C=O) groups excluding carboxylic acids is 1. The maximum Gasteiger partial charge on any atom is 0.417 e. The van der Waals surface area contributed by atoms with Gasteiger partial charge in [-0.3, -0.25) is 4.79 Å². The summed E-state index contributed by atoms with van der Waals surface area (Å²) in [6.07, 6.45) is -2.34. The average molecular weight is 382 g/mol. The van der Waals surface area contributed by atoms with E-state index in [1.54, 1.807) is 17.0 Å². The number of benzene rings is 2. The first-order valence-corrected chi connectivity index (χ1v) is 8.88. The number of rotatable bonds is 5. The van der Waals surface area contributed by atoms with E-state index in [-0.39, 0.29) is 17.6 Å². The summed E-state index contributed by atoms with van der Waals surface area (Å²) in [6.45, 7) is 1.88. The fourth-order valence-electron chi connectivity index (χ4n) is 3.19. The van der Waals surface area contributed by atoms with Crippen LogP contribution in [-0.4, -0.2) is 22.9 Å². The summed E-state index contributed by atoms with van der Waals surface area (Å²) in [5.41, 5.74) is -0.173. The molecule has 1 aliphatic carbocycles. The van der Waals surface area contributed by atoms with Crippen molar-refractivity contribution in [1.29, 1.82) is 0 Å². The molecule has 6 heteroatoms. The molecular weight excluding hydrogens is 363 g/mol. The average Bonchev–Trinajstić information content (AvgIpc) is 3.41. The lowest BCUT2D eigenvalue weighted by molar-refractivity contribution is -0.138. The maximum atomic E-state index is 13.3. The van der Waals surface area contributed by atoms with Gasteiger partial charge in [0.15, 0.2) is 0 Å². The van der Waals surface area contributed by atoms with E-state index in [9.17, 15) is 18.0 Å². The Balaban J connectivity index is 1.86. The Morgan fingerprint density at radius 1 is 1.15 bits per heavy atom. The molecule has 1 aliphatic rings. The van der Waals surface area contributed by atoms with Gasteiger partial charge >= 0.3 is 6.18 Å². The molecular formula is C20H19ClF3NO. The van der Waals surface area contributed by atoms with Crippen LogP contribution in [-0.2, 0) is 12.6 Å². The molecule has 138 valence electrons. The van der Waals surface area contributed by atoms with E-state index in [0.717, 1.165) is 24.5 Å². The third-order valence-electron chi connectivity index (χ3n) is 4.56. The number of hydrogen-bond donors (Lipinski definition) is 0. The number of nitrogens with zero attached hydrogens (tertiary/aromatic N) is 1. The van der Waals surface area contributed by atoms with E-state index < -0.39 is 17.6 Å². The minimum Gasteiger partial charge on any atom is -0.333 e. The van der Waals surface area contributed by atoms with Crippen LogP contribution in [0.5, 0.6) is 0 Å². The van der Waals surface area contributed by atoms with Crippen molar-refractivity contribution in [3.05, 3.63) is 70.2 Å². The Labute approximate surface area is 155 Å².